The summed E-state index contributed by atoms with van der Waals surface area (Å²) < 4.78 is 37.3. The summed E-state index contributed by atoms with van der Waals surface area (Å²) >= 11 is 2.18. The van der Waals surface area contributed by atoms with Gasteiger partial charge in [0, 0.05) is 11.5 Å². The lowest BCUT2D eigenvalue weighted by Crippen LogP contribution is -2.71. The van der Waals surface area contributed by atoms with Gasteiger partial charge < -0.3 is 19.7 Å². The number of aliphatic carboxylic acids is 1. The van der Waals surface area contributed by atoms with Crippen LogP contribution in [-0.4, -0.2) is 96.7 Å². The summed E-state index contributed by atoms with van der Waals surface area (Å²) in [5, 5.41) is 25.8. The van der Waals surface area contributed by atoms with Gasteiger partial charge in [-0.15, -0.1) is 16.9 Å². The molecule has 0 radical (unpaired) electrons. The van der Waals surface area contributed by atoms with Crippen LogP contribution in [0.4, 0.5) is 0 Å². The van der Waals surface area contributed by atoms with Crippen molar-refractivity contribution in [3.05, 3.63) is 35.4 Å². The highest BCUT2D eigenvalue weighted by molar-refractivity contribution is 8.01. The number of nitrogens with zero attached hydrogens (tertiary/aromatic N) is 6. The number of oxime groups is 1. The van der Waals surface area contributed by atoms with E-state index in [1.54, 1.807) is 6.07 Å². The van der Waals surface area contributed by atoms with Crippen molar-refractivity contribution < 1.29 is 41.7 Å². The lowest BCUT2D eigenvalue weighted by atomic mass is 10.0. The lowest BCUT2D eigenvalue weighted by molar-refractivity contribution is -0.150. The highest BCUT2D eigenvalue weighted by atomic mass is 32.2. The Hall–Kier alpha value is -3.42. The molecule has 0 spiro atoms. The zero-order valence-corrected chi connectivity index (χ0v) is 20.6. The first-order chi connectivity index (χ1) is 17.1. The maximum absolute atomic E-state index is 12.9. The van der Waals surface area contributed by atoms with Crippen molar-refractivity contribution in [1.82, 2.24) is 30.4 Å². The van der Waals surface area contributed by atoms with E-state index in [1.807, 2.05) is 0 Å². The Morgan fingerprint density at radius 3 is 2.86 bits per heavy atom. The molecule has 4 heterocycles. The summed E-state index contributed by atoms with van der Waals surface area (Å²) in [4.78, 5) is 43.4. The van der Waals surface area contributed by atoms with Gasteiger partial charge in [0.25, 0.3) is 21.9 Å². The number of tetrazole rings is 1. The van der Waals surface area contributed by atoms with Gasteiger partial charge in [0.15, 0.2) is 11.6 Å². The molecule has 36 heavy (non-hydrogen) atoms. The minimum Gasteiger partial charge on any atom is -0.477 e. The Kier molecular flexibility index (Phi) is 7.33. The first kappa shape index (κ1) is 25.7. The standard InChI is InChI=1S/C17H17N7O9S3/c1-32-20-10(9-3-2-4-33-9)13(25)18-11-14(26)24-12(16(27)28)8(5-34-15(11)24)6-35-17-19-21-22-23(17)7-36(29,30)31/h2-4,11,15H,5-7H2,1H3,(H,18,25)(H,27,28)(H,29,30,31)/b20-10+/t11?,15-/m1/s1. The number of hydrogen-bond donors (Lipinski definition) is 3. The minimum atomic E-state index is -4.40. The number of furan rings is 1. The van der Waals surface area contributed by atoms with Crippen molar-refractivity contribution in [2.24, 2.45) is 5.16 Å². The molecule has 0 aliphatic carbocycles. The maximum atomic E-state index is 12.9. The van der Waals surface area contributed by atoms with Crippen molar-refractivity contribution in [2.75, 3.05) is 18.6 Å². The molecule has 192 valence electrons. The fourth-order valence-corrected chi connectivity index (χ4v) is 6.32. The second-order valence-electron chi connectivity index (χ2n) is 7.18. The van der Waals surface area contributed by atoms with Gasteiger partial charge in [0.05, 0.1) is 6.26 Å². The molecule has 3 N–H and O–H groups in total. The highest BCUT2D eigenvalue weighted by Crippen LogP contribution is 2.41. The van der Waals surface area contributed by atoms with E-state index in [0.717, 1.165) is 21.3 Å². The molecule has 16 nitrogen and oxygen atoms in total. The Labute approximate surface area is 210 Å². The van der Waals surface area contributed by atoms with Gasteiger partial charge in [0.2, 0.25) is 10.9 Å². The third-order valence-corrected chi connectivity index (χ3v) is 7.80. The molecule has 2 aromatic heterocycles. The number of carbonyl (C=O) groups is 3. The molecule has 2 atom stereocenters. The van der Waals surface area contributed by atoms with E-state index in [9.17, 15) is 27.9 Å². The van der Waals surface area contributed by atoms with Gasteiger partial charge in [0.1, 0.15) is 24.2 Å². The molecule has 2 amide bonds. The van der Waals surface area contributed by atoms with Crippen LogP contribution in [0.25, 0.3) is 0 Å². The largest absolute Gasteiger partial charge is 0.477 e. The van der Waals surface area contributed by atoms with Crippen LogP contribution in [-0.2, 0) is 35.2 Å². The van der Waals surface area contributed by atoms with Crippen LogP contribution in [0, 0.1) is 0 Å². The van der Waals surface area contributed by atoms with Gasteiger partial charge in [-0.1, -0.05) is 16.9 Å². The van der Waals surface area contributed by atoms with Gasteiger partial charge in [-0.25, -0.2) is 9.48 Å². The number of hydrogen-bond acceptors (Lipinski definition) is 13. The molecule has 1 fully saturated rings. The maximum Gasteiger partial charge on any atom is 0.352 e. The van der Waals surface area contributed by atoms with Crippen molar-refractivity contribution in [3.63, 3.8) is 0 Å². The van der Waals surface area contributed by atoms with Crippen LogP contribution >= 0.6 is 23.5 Å². The number of nitrogens with one attached hydrogen (secondary N) is 1. The number of amides is 2. The molecule has 0 aromatic carbocycles. The Morgan fingerprint density at radius 2 is 2.22 bits per heavy atom. The van der Waals surface area contributed by atoms with E-state index in [4.69, 9.17) is 8.97 Å². The second-order valence-corrected chi connectivity index (χ2v) is 10.6. The summed E-state index contributed by atoms with van der Waals surface area (Å²) in [6.45, 7) is 0. The van der Waals surface area contributed by atoms with Crippen LogP contribution in [0.5, 0.6) is 0 Å². The Morgan fingerprint density at radius 1 is 1.44 bits per heavy atom. The van der Waals surface area contributed by atoms with Crippen LogP contribution in [0.2, 0.25) is 0 Å². The average Bonchev–Trinajstić information content (AvgIpc) is 3.50. The number of carboxylic acid groups (broad SMARTS) is 1. The van der Waals surface area contributed by atoms with Crippen molar-refractivity contribution >= 4 is 57.1 Å². The first-order valence-electron chi connectivity index (χ1n) is 9.80. The van der Waals surface area contributed by atoms with Crippen molar-refractivity contribution in [1.29, 1.82) is 0 Å². The molecule has 2 aliphatic rings. The van der Waals surface area contributed by atoms with Gasteiger partial charge >= 0.3 is 5.97 Å². The molecule has 0 bridgehead atoms. The predicted molar refractivity (Wildman–Crippen MR) is 122 cm³/mol. The zero-order valence-electron chi connectivity index (χ0n) is 18.2. The van der Waals surface area contributed by atoms with E-state index in [2.05, 4.69) is 30.8 Å². The van der Waals surface area contributed by atoms with Crippen LogP contribution in [0.15, 0.2) is 44.4 Å². The average molecular weight is 560 g/mol. The zero-order chi connectivity index (χ0) is 26.0. The molecule has 0 saturated carbocycles. The van der Waals surface area contributed by atoms with E-state index < -0.39 is 45.2 Å². The quantitative estimate of drug-likeness (QED) is 0.104. The van der Waals surface area contributed by atoms with Crippen molar-refractivity contribution in [2.45, 2.75) is 22.4 Å². The van der Waals surface area contributed by atoms with E-state index in [1.165, 1.54) is 31.2 Å². The summed E-state index contributed by atoms with van der Waals surface area (Å²) in [5.41, 5.74) is -0.0684. The van der Waals surface area contributed by atoms with Gasteiger partial charge in [-0.2, -0.15) is 8.42 Å². The molecular formula is C17H17N7O9S3. The normalized spacial score (nSPS) is 20.1. The van der Waals surface area contributed by atoms with Crippen molar-refractivity contribution in [3.8, 4) is 0 Å². The number of aromatic nitrogens is 4. The summed E-state index contributed by atoms with van der Waals surface area (Å²) in [6, 6.07) is 2.03. The van der Waals surface area contributed by atoms with Crippen LogP contribution in [0.1, 0.15) is 5.76 Å². The smallest absolute Gasteiger partial charge is 0.352 e. The molecule has 1 saturated heterocycles. The first-order valence-corrected chi connectivity index (χ1v) is 13.4. The number of carboxylic acids is 1. The summed E-state index contributed by atoms with van der Waals surface area (Å²) in [7, 11) is -3.16. The van der Waals surface area contributed by atoms with Gasteiger partial charge in [-0.05, 0) is 28.1 Å². The molecule has 4 rings (SSSR count). The number of carbonyl (C=O) groups excluding carboxylic acids is 2. The van der Waals surface area contributed by atoms with Crippen LogP contribution in [0.3, 0.4) is 0 Å². The predicted octanol–water partition coefficient (Wildman–Crippen LogP) is -1.01. The van der Waals surface area contributed by atoms with Crippen LogP contribution < -0.4 is 5.32 Å². The summed E-state index contributed by atoms with van der Waals surface area (Å²) in [6.07, 6.45) is 1.34. The molecule has 1 unspecified atom stereocenters. The third kappa shape index (κ3) is 5.22. The molecular weight excluding hydrogens is 542 g/mol. The molecule has 2 aliphatic heterocycles. The highest BCUT2D eigenvalue weighted by Gasteiger charge is 2.54. The van der Waals surface area contributed by atoms with Gasteiger partial charge in [-0.3, -0.25) is 19.0 Å². The number of β-lactam (4-membered cyclic amide) rings is 1. The van der Waals surface area contributed by atoms with E-state index in [0.29, 0.717) is 5.57 Å². The van der Waals surface area contributed by atoms with E-state index in [-0.39, 0.29) is 33.8 Å². The second kappa shape index (κ2) is 10.3. The SMILES string of the molecule is CO/N=C(/C(=O)NC1C(=O)N2C(C(=O)O)=C(CSc3nnnn3CS(=O)(=O)O)CS[C@H]12)c1ccco1. The third-order valence-electron chi connectivity index (χ3n) is 4.85. The summed E-state index contributed by atoms with van der Waals surface area (Å²) in [5.74, 6) is -3.24. The Bertz CT molecular complexity index is 1350. The monoisotopic (exact) mass is 559 g/mol. The number of rotatable bonds is 10. The fraction of sp³-hybridized carbons (Fsp3) is 0.353. The van der Waals surface area contributed by atoms with E-state index >= 15 is 0 Å². The molecule has 19 heteroatoms. The fourth-order valence-electron chi connectivity index (χ4n) is 3.39. The minimum absolute atomic E-state index is 0.0249. The lowest BCUT2D eigenvalue weighted by Gasteiger charge is -2.49. The number of fused-ring (bicyclic) bond motifs is 1. The number of thioether (sulfide) groups is 2. The molecule has 2 aromatic rings. The topological polar surface area (TPSA) is 219 Å². The Balaban J connectivity index is 1.48.